The summed E-state index contributed by atoms with van der Waals surface area (Å²) in [5, 5.41) is 2.89. The fraction of sp³-hybridized carbons (Fsp3) is 0.350. The molecular formula is C20H25NO2. The van der Waals surface area contributed by atoms with Crippen LogP contribution >= 0.6 is 0 Å². The van der Waals surface area contributed by atoms with Crippen LogP contribution in [0.25, 0.3) is 0 Å². The lowest BCUT2D eigenvalue weighted by atomic mass is 10.0. The number of aryl methyl sites for hydroxylation is 1. The molecule has 0 fully saturated rings. The molecule has 0 aliphatic heterocycles. The van der Waals surface area contributed by atoms with Crippen LogP contribution in [-0.2, 0) is 11.2 Å². The normalized spacial score (nSPS) is 10.6. The molecule has 2 aromatic carbocycles. The maximum atomic E-state index is 11.7. The minimum absolute atomic E-state index is 0.0626. The Morgan fingerprint density at radius 2 is 1.74 bits per heavy atom. The highest BCUT2D eigenvalue weighted by molar-refractivity contribution is 5.77. The van der Waals surface area contributed by atoms with Crippen molar-refractivity contribution < 1.29 is 9.53 Å². The molecule has 3 heteroatoms. The minimum Gasteiger partial charge on any atom is -0.484 e. The number of carbonyl (C=O) groups excluding carboxylic acids is 1. The van der Waals surface area contributed by atoms with Gasteiger partial charge in [0, 0.05) is 6.54 Å². The number of nitrogens with one attached hydrogen (secondary N) is 1. The number of para-hydroxylation sites is 1. The fourth-order valence-corrected chi connectivity index (χ4v) is 2.31. The maximum Gasteiger partial charge on any atom is 0.257 e. The largest absolute Gasteiger partial charge is 0.484 e. The third kappa shape index (κ3) is 6.15. The number of hydrogen-bond acceptors (Lipinski definition) is 2. The molecule has 0 spiro atoms. The van der Waals surface area contributed by atoms with Gasteiger partial charge in [0.25, 0.3) is 5.91 Å². The van der Waals surface area contributed by atoms with Gasteiger partial charge >= 0.3 is 0 Å². The molecule has 0 aliphatic carbocycles. The van der Waals surface area contributed by atoms with Gasteiger partial charge in [-0.3, -0.25) is 4.79 Å². The third-order valence-electron chi connectivity index (χ3n) is 3.72. The molecule has 1 N–H and O–H groups in total. The van der Waals surface area contributed by atoms with Crippen molar-refractivity contribution in [1.82, 2.24) is 5.32 Å². The van der Waals surface area contributed by atoms with Crippen LogP contribution in [0.5, 0.6) is 5.75 Å². The smallest absolute Gasteiger partial charge is 0.257 e. The number of ether oxygens (including phenoxy) is 1. The minimum atomic E-state index is -0.0796. The molecule has 0 aromatic heterocycles. The van der Waals surface area contributed by atoms with Gasteiger partial charge in [0.2, 0.25) is 0 Å². The Labute approximate surface area is 138 Å². The van der Waals surface area contributed by atoms with Gasteiger partial charge in [0.1, 0.15) is 5.75 Å². The van der Waals surface area contributed by atoms with E-state index in [4.69, 9.17) is 4.74 Å². The second-order valence-corrected chi connectivity index (χ2v) is 5.95. The van der Waals surface area contributed by atoms with E-state index in [9.17, 15) is 4.79 Å². The van der Waals surface area contributed by atoms with Gasteiger partial charge in [0.05, 0.1) is 0 Å². The van der Waals surface area contributed by atoms with Crippen LogP contribution in [0.15, 0.2) is 54.6 Å². The number of rotatable bonds is 8. The van der Waals surface area contributed by atoms with Gasteiger partial charge < -0.3 is 10.1 Å². The molecule has 23 heavy (non-hydrogen) atoms. The Balaban J connectivity index is 1.62. The molecule has 0 unspecified atom stereocenters. The topological polar surface area (TPSA) is 38.3 Å². The first-order chi connectivity index (χ1) is 11.1. The summed E-state index contributed by atoms with van der Waals surface area (Å²) in [6.07, 6.45) is 1.90. The molecule has 0 saturated heterocycles. The predicted octanol–water partition coefficient (Wildman–Crippen LogP) is 3.94. The van der Waals surface area contributed by atoms with Crippen molar-refractivity contribution in [1.29, 1.82) is 0 Å². The van der Waals surface area contributed by atoms with Gasteiger partial charge in [-0.1, -0.05) is 56.3 Å². The fourth-order valence-electron chi connectivity index (χ4n) is 2.31. The van der Waals surface area contributed by atoms with Crippen LogP contribution in [-0.4, -0.2) is 19.1 Å². The molecule has 1 amide bonds. The Bertz CT molecular complexity index is 591. The molecule has 0 radical (unpaired) electrons. The summed E-state index contributed by atoms with van der Waals surface area (Å²) < 4.78 is 5.41. The first-order valence-electron chi connectivity index (χ1n) is 8.18. The SMILES string of the molecule is CC(C)c1ccc(CCCNC(=O)COc2ccccc2)cc1. The Morgan fingerprint density at radius 3 is 2.39 bits per heavy atom. The summed E-state index contributed by atoms with van der Waals surface area (Å²) in [5.41, 5.74) is 2.67. The van der Waals surface area contributed by atoms with E-state index in [1.165, 1.54) is 11.1 Å². The van der Waals surface area contributed by atoms with E-state index >= 15 is 0 Å². The number of amides is 1. The standard InChI is InChI=1S/C20H25NO2/c1-16(2)18-12-10-17(11-13-18)7-6-14-21-20(22)15-23-19-8-4-3-5-9-19/h3-5,8-13,16H,6-7,14-15H2,1-2H3,(H,21,22). The van der Waals surface area contributed by atoms with Crippen molar-refractivity contribution in [3.63, 3.8) is 0 Å². The zero-order valence-corrected chi connectivity index (χ0v) is 13.9. The average molecular weight is 311 g/mol. The molecule has 0 atom stereocenters. The number of benzene rings is 2. The van der Waals surface area contributed by atoms with Crippen LogP contribution in [0.3, 0.4) is 0 Å². The van der Waals surface area contributed by atoms with E-state index in [-0.39, 0.29) is 12.5 Å². The van der Waals surface area contributed by atoms with Gasteiger partial charge in [-0.15, -0.1) is 0 Å². The summed E-state index contributed by atoms with van der Waals surface area (Å²) in [5.74, 6) is 1.20. The Hall–Kier alpha value is -2.29. The predicted molar refractivity (Wildman–Crippen MR) is 93.8 cm³/mol. The Kier molecular flexibility index (Phi) is 6.67. The molecule has 122 valence electrons. The van der Waals surface area contributed by atoms with E-state index < -0.39 is 0 Å². The highest BCUT2D eigenvalue weighted by atomic mass is 16.5. The average Bonchev–Trinajstić information content (AvgIpc) is 2.58. The lowest BCUT2D eigenvalue weighted by Crippen LogP contribution is -2.29. The second-order valence-electron chi connectivity index (χ2n) is 5.95. The van der Waals surface area contributed by atoms with E-state index in [0.717, 1.165) is 12.8 Å². The first kappa shape index (κ1) is 17.1. The van der Waals surface area contributed by atoms with Crippen molar-refractivity contribution in [2.24, 2.45) is 0 Å². The van der Waals surface area contributed by atoms with Gasteiger partial charge in [-0.05, 0) is 42.0 Å². The summed E-state index contributed by atoms with van der Waals surface area (Å²) in [7, 11) is 0. The number of hydrogen-bond donors (Lipinski definition) is 1. The zero-order chi connectivity index (χ0) is 16.5. The van der Waals surface area contributed by atoms with E-state index in [0.29, 0.717) is 18.2 Å². The van der Waals surface area contributed by atoms with Crippen molar-refractivity contribution in [2.45, 2.75) is 32.6 Å². The van der Waals surface area contributed by atoms with E-state index in [1.54, 1.807) is 0 Å². The number of carbonyl (C=O) groups is 1. The summed E-state index contributed by atoms with van der Waals surface area (Å²) in [4.78, 5) is 11.7. The molecular weight excluding hydrogens is 286 g/mol. The van der Waals surface area contributed by atoms with Crippen molar-refractivity contribution >= 4 is 5.91 Å². The van der Waals surface area contributed by atoms with Crippen LogP contribution in [0.2, 0.25) is 0 Å². The Morgan fingerprint density at radius 1 is 1.04 bits per heavy atom. The molecule has 0 saturated carbocycles. The lowest BCUT2D eigenvalue weighted by molar-refractivity contribution is -0.123. The maximum absolute atomic E-state index is 11.7. The van der Waals surface area contributed by atoms with Gasteiger partial charge in [-0.25, -0.2) is 0 Å². The van der Waals surface area contributed by atoms with Crippen LogP contribution in [0.4, 0.5) is 0 Å². The summed E-state index contributed by atoms with van der Waals surface area (Å²) >= 11 is 0. The highest BCUT2D eigenvalue weighted by Gasteiger charge is 2.03. The molecule has 3 nitrogen and oxygen atoms in total. The van der Waals surface area contributed by atoms with Crippen LogP contribution in [0.1, 0.15) is 37.3 Å². The van der Waals surface area contributed by atoms with Gasteiger partial charge in [-0.2, -0.15) is 0 Å². The third-order valence-corrected chi connectivity index (χ3v) is 3.72. The second kappa shape index (κ2) is 8.99. The quantitative estimate of drug-likeness (QED) is 0.750. The lowest BCUT2D eigenvalue weighted by Gasteiger charge is -2.08. The highest BCUT2D eigenvalue weighted by Crippen LogP contribution is 2.15. The molecule has 2 aromatic rings. The molecule has 0 heterocycles. The van der Waals surface area contributed by atoms with Crippen LogP contribution < -0.4 is 10.1 Å². The first-order valence-corrected chi connectivity index (χ1v) is 8.18. The van der Waals surface area contributed by atoms with Crippen molar-refractivity contribution in [3.05, 3.63) is 65.7 Å². The molecule has 2 rings (SSSR count). The summed E-state index contributed by atoms with van der Waals surface area (Å²) in [6.45, 7) is 5.13. The van der Waals surface area contributed by atoms with Crippen LogP contribution in [0, 0.1) is 0 Å². The molecule has 0 aliphatic rings. The monoisotopic (exact) mass is 311 g/mol. The van der Waals surface area contributed by atoms with Crippen molar-refractivity contribution in [2.75, 3.05) is 13.2 Å². The van der Waals surface area contributed by atoms with Gasteiger partial charge in [0.15, 0.2) is 6.61 Å². The zero-order valence-electron chi connectivity index (χ0n) is 13.9. The molecule has 0 bridgehead atoms. The van der Waals surface area contributed by atoms with E-state index in [1.807, 2.05) is 30.3 Å². The summed E-state index contributed by atoms with van der Waals surface area (Å²) in [6, 6.07) is 18.1. The van der Waals surface area contributed by atoms with E-state index in [2.05, 4.69) is 43.4 Å². The van der Waals surface area contributed by atoms with Crippen molar-refractivity contribution in [3.8, 4) is 5.75 Å².